The molecule has 0 aromatic heterocycles. The number of fused-ring (bicyclic) bond motifs is 3. The highest BCUT2D eigenvalue weighted by atomic mass is 16.6. The van der Waals surface area contributed by atoms with Crippen LogP contribution in [0.25, 0.3) is 10.8 Å². The molecule has 2 aromatic carbocycles. The van der Waals surface area contributed by atoms with Crippen molar-refractivity contribution in [1.29, 1.82) is 0 Å². The van der Waals surface area contributed by atoms with E-state index in [-0.39, 0.29) is 0 Å². The van der Waals surface area contributed by atoms with Crippen molar-refractivity contribution in [3.8, 4) is 0 Å². The molecule has 0 amide bonds. The molecule has 3 heteroatoms. The molecule has 132 valence electrons. The second-order valence-electron chi connectivity index (χ2n) is 7.40. The van der Waals surface area contributed by atoms with Crippen LogP contribution in [0.5, 0.6) is 0 Å². The summed E-state index contributed by atoms with van der Waals surface area (Å²) >= 11 is 0. The van der Waals surface area contributed by atoms with Crippen LogP contribution < -0.4 is 5.48 Å². The molecule has 0 aliphatic carbocycles. The smallest absolute Gasteiger partial charge is 0.0636 e. The number of nitrogens with one attached hydrogen (secondary N) is 1. The van der Waals surface area contributed by atoms with Gasteiger partial charge in [0.25, 0.3) is 0 Å². The van der Waals surface area contributed by atoms with Crippen LogP contribution in [0.15, 0.2) is 53.7 Å². The van der Waals surface area contributed by atoms with Crippen LogP contribution in [-0.2, 0) is 4.84 Å². The minimum absolute atomic E-state index is 0.482. The van der Waals surface area contributed by atoms with Gasteiger partial charge in [-0.1, -0.05) is 49.4 Å². The van der Waals surface area contributed by atoms with Crippen LogP contribution in [0.3, 0.4) is 0 Å². The van der Waals surface area contributed by atoms with Crippen molar-refractivity contribution in [1.82, 2.24) is 10.4 Å². The monoisotopic (exact) mass is 336 g/mol. The zero-order valence-corrected chi connectivity index (χ0v) is 15.5. The lowest BCUT2D eigenvalue weighted by Gasteiger charge is -2.40. The Kier molecular flexibility index (Phi) is 4.53. The number of rotatable bonds is 4. The summed E-state index contributed by atoms with van der Waals surface area (Å²) in [5.74, 6) is 0.482. The average molecular weight is 336 g/mol. The molecule has 1 N–H and O–H groups in total. The number of allylic oxidation sites excluding steroid dienone is 1. The van der Waals surface area contributed by atoms with Crippen molar-refractivity contribution in [3.63, 3.8) is 0 Å². The number of piperidine rings is 1. The van der Waals surface area contributed by atoms with Crippen molar-refractivity contribution in [2.75, 3.05) is 14.2 Å². The van der Waals surface area contributed by atoms with Crippen LogP contribution in [0, 0.1) is 0 Å². The lowest BCUT2D eigenvalue weighted by Crippen LogP contribution is -2.42. The largest absolute Gasteiger partial charge is 0.297 e. The highest BCUT2D eigenvalue weighted by Crippen LogP contribution is 2.47. The summed E-state index contributed by atoms with van der Waals surface area (Å²) in [7, 11) is 4.00. The summed E-state index contributed by atoms with van der Waals surface area (Å²) in [6.07, 6.45) is 4.74. The van der Waals surface area contributed by atoms with Crippen LogP contribution in [0.4, 0.5) is 0 Å². The van der Waals surface area contributed by atoms with Gasteiger partial charge in [-0.15, -0.1) is 0 Å². The first kappa shape index (κ1) is 16.6. The van der Waals surface area contributed by atoms with Crippen molar-refractivity contribution in [3.05, 3.63) is 59.3 Å². The Morgan fingerprint density at radius 3 is 2.72 bits per heavy atom. The molecule has 1 unspecified atom stereocenters. The third kappa shape index (κ3) is 2.86. The van der Waals surface area contributed by atoms with Gasteiger partial charge in [-0.3, -0.25) is 15.2 Å². The molecule has 2 heterocycles. The van der Waals surface area contributed by atoms with Gasteiger partial charge in [0.2, 0.25) is 0 Å². The standard InChI is InChI=1S/C22H28N2O/c1-4-20(23-25-3)22-19(14-18-11-12-21(22)24(18)2)17-10-9-15-7-5-6-8-16(15)13-17/h5-10,13,18-19,21,23H,4,11-12,14H2,1-3H3/t18?,19-,21-/m0/s1. The Bertz CT molecular complexity index is 797. The van der Waals surface area contributed by atoms with Gasteiger partial charge in [0.15, 0.2) is 0 Å². The minimum Gasteiger partial charge on any atom is -0.297 e. The summed E-state index contributed by atoms with van der Waals surface area (Å²) in [6, 6.07) is 16.9. The zero-order chi connectivity index (χ0) is 17.4. The molecule has 2 aliphatic heterocycles. The fraction of sp³-hybridized carbons (Fsp3) is 0.455. The molecular weight excluding hydrogens is 308 g/mol. The highest BCUT2D eigenvalue weighted by molar-refractivity contribution is 5.83. The van der Waals surface area contributed by atoms with Gasteiger partial charge >= 0.3 is 0 Å². The van der Waals surface area contributed by atoms with E-state index in [1.807, 2.05) is 0 Å². The Hall–Kier alpha value is -1.84. The molecule has 2 aliphatic rings. The molecule has 0 radical (unpaired) electrons. The van der Waals surface area contributed by atoms with Crippen LogP contribution in [0.2, 0.25) is 0 Å². The number of nitrogens with zero attached hydrogens (tertiary/aromatic N) is 1. The minimum atomic E-state index is 0.482. The fourth-order valence-electron chi connectivity index (χ4n) is 4.91. The normalized spacial score (nSPS) is 28.4. The van der Waals surface area contributed by atoms with Crippen LogP contribution in [0.1, 0.15) is 44.1 Å². The molecule has 2 aromatic rings. The Labute approximate surface area is 150 Å². The van der Waals surface area contributed by atoms with Gasteiger partial charge in [-0.05, 0) is 54.6 Å². The van der Waals surface area contributed by atoms with Crippen LogP contribution >= 0.6 is 0 Å². The maximum absolute atomic E-state index is 5.32. The lowest BCUT2D eigenvalue weighted by molar-refractivity contribution is 0.110. The second kappa shape index (κ2) is 6.81. The van der Waals surface area contributed by atoms with Gasteiger partial charge < -0.3 is 0 Å². The summed E-state index contributed by atoms with van der Waals surface area (Å²) in [5.41, 5.74) is 7.44. The third-order valence-electron chi connectivity index (χ3n) is 6.19. The quantitative estimate of drug-likeness (QED) is 0.826. The van der Waals surface area contributed by atoms with E-state index in [2.05, 4.69) is 66.8 Å². The predicted molar refractivity (Wildman–Crippen MR) is 103 cm³/mol. The number of benzene rings is 2. The zero-order valence-electron chi connectivity index (χ0n) is 15.5. The second-order valence-corrected chi connectivity index (χ2v) is 7.40. The van der Waals surface area contributed by atoms with Crippen molar-refractivity contribution < 1.29 is 4.84 Å². The number of hydrogen-bond donors (Lipinski definition) is 1. The van der Waals surface area contributed by atoms with E-state index in [1.54, 1.807) is 7.11 Å². The first-order valence-corrected chi connectivity index (χ1v) is 9.45. The van der Waals surface area contributed by atoms with E-state index in [0.717, 1.165) is 6.42 Å². The molecular formula is C22H28N2O. The summed E-state index contributed by atoms with van der Waals surface area (Å²) in [5, 5.41) is 2.65. The van der Waals surface area contributed by atoms with Gasteiger partial charge in [-0.2, -0.15) is 0 Å². The molecule has 0 saturated carbocycles. The summed E-state index contributed by atoms with van der Waals surface area (Å²) < 4.78 is 0. The molecule has 2 fully saturated rings. The maximum atomic E-state index is 5.32. The van der Waals surface area contributed by atoms with E-state index >= 15 is 0 Å². The Morgan fingerprint density at radius 1 is 1.16 bits per heavy atom. The topological polar surface area (TPSA) is 24.5 Å². The molecule has 2 saturated heterocycles. The highest BCUT2D eigenvalue weighted by Gasteiger charge is 2.43. The first-order valence-electron chi connectivity index (χ1n) is 9.45. The van der Waals surface area contributed by atoms with Gasteiger partial charge in [-0.25, -0.2) is 0 Å². The number of likely N-dealkylation sites (N-methyl/N-ethyl adjacent to an activating group) is 1. The SMILES string of the molecule is CCC(NOC)=C1[C@H](c2ccc3ccccc3c2)CC2CC[C@@H]1N2C. The Balaban J connectivity index is 1.82. The van der Waals surface area contributed by atoms with Crippen molar-refractivity contribution in [2.24, 2.45) is 0 Å². The van der Waals surface area contributed by atoms with Gasteiger partial charge in [0, 0.05) is 23.7 Å². The molecule has 4 rings (SSSR count). The molecule has 2 bridgehead atoms. The van der Waals surface area contributed by atoms with Crippen LogP contribution in [-0.4, -0.2) is 31.1 Å². The summed E-state index contributed by atoms with van der Waals surface area (Å²) in [6.45, 7) is 2.22. The maximum Gasteiger partial charge on any atom is 0.0636 e. The van der Waals surface area contributed by atoms with Crippen molar-refractivity contribution >= 4 is 10.8 Å². The predicted octanol–water partition coefficient (Wildman–Crippen LogP) is 4.61. The van der Waals surface area contributed by atoms with E-state index in [9.17, 15) is 0 Å². The van der Waals surface area contributed by atoms with Gasteiger partial charge in [0.05, 0.1) is 7.11 Å². The number of hydrogen-bond acceptors (Lipinski definition) is 3. The lowest BCUT2D eigenvalue weighted by atomic mass is 9.79. The fourth-order valence-corrected chi connectivity index (χ4v) is 4.91. The Morgan fingerprint density at radius 2 is 1.96 bits per heavy atom. The van der Waals surface area contributed by atoms with E-state index in [4.69, 9.17) is 4.84 Å². The molecule has 25 heavy (non-hydrogen) atoms. The summed E-state index contributed by atoms with van der Waals surface area (Å²) in [4.78, 5) is 7.90. The molecule has 3 atom stereocenters. The van der Waals surface area contributed by atoms with E-state index in [1.165, 1.54) is 46.9 Å². The average Bonchev–Trinajstić information content (AvgIpc) is 2.88. The van der Waals surface area contributed by atoms with Gasteiger partial charge in [0.1, 0.15) is 0 Å². The van der Waals surface area contributed by atoms with E-state index < -0.39 is 0 Å². The van der Waals surface area contributed by atoms with Crippen molar-refractivity contribution in [2.45, 2.75) is 50.6 Å². The third-order valence-corrected chi connectivity index (χ3v) is 6.19. The molecule has 0 spiro atoms. The molecule has 3 nitrogen and oxygen atoms in total. The van der Waals surface area contributed by atoms with E-state index in [0.29, 0.717) is 18.0 Å². The number of hydroxylamine groups is 1. The first-order chi connectivity index (χ1) is 12.2.